The Balaban J connectivity index is 0.00000128. The van der Waals surface area contributed by atoms with Crippen molar-refractivity contribution >= 4 is 30.7 Å². The van der Waals surface area contributed by atoms with Gasteiger partial charge in [-0.25, -0.2) is 0 Å². The largest absolute Gasteiger partial charge is 0.350 e. The summed E-state index contributed by atoms with van der Waals surface area (Å²) in [6.45, 7) is 0.564. The Morgan fingerprint density at radius 1 is 1.35 bits per heavy atom. The van der Waals surface area contributed by atoms with E-state index in [0.717, 1.165) is 12.8 Å². The second-order valence-electron chi connectivity index (χ2n) is 4.13. The van der Waals surface area contributed by atoms with Crippen molar-refractivity contribution in [1.82, 2.24) is 10.3 Å². The first-order chi connectivity index (χ1) is 7.20. The number of hydrogen-bond donors (Lipinski definition) is 2. The molecular weight excluding hydrogens is 261 g/mol. The van der Waals surface area contributed by atoms with E-state index in [0.29, 0.717) is 12.1 Å². The Morgan fingerprint density at radius 3 is 2.41 bits per heavy atom. The van der Waals surface area contributed by atoms with Crippen molar-refractivity contribution in [2.45, 2.75) is 24.8 Å². The van der Waals surface area contributed by atoms with Gasteiger partial charge in [-0.2, -0.15) is 0 Å². The van der Waals surface area contributed by atoms with Crippen LogP contribution in [0.2, 0.25) is 0 Å². The van der Waals surface area contributed by atoms with Gasteiger partial charge in [0.05, 0.1) is 0 Å². The molecule has 1 aliphatic carbocycles. The molecule has 1 saturated carbocycles. The van der Waals surface area contributed by atoms with Gasteiger partial charge in [0.1, 0.15) is 0 Å². The fourth-order valence-corrected chi connectivity index (χ4v) is 1.67. The Kier molecular flexibility index (Phi) is 6.45. The van der Waals surface area contributed by atoms with Gasteiger partial charge in [0.2, 0.25) is 0 Å². The molecule has 17 heavy (non-hydrogen) atoms. The summed E-state index contributed by atoms with van der Waals surface area (Å²) < 4.78 is 0. The molecule has 1 aromatic rings. The van der Waals surface area contributed by atoms with Gasteiger partial charge in [-0.15, -0.1) is 24.8 Å². The van der Waals surface area contributed by atoms with Gasteiger partial charge >= 0.3 is 0 Å². The summed E-state index contributed by atoms with van der Waals surface area (Å²) in [5, 5.41) is 2.85. The highest BCUT2D eigenvalue weighted by molar-refractivity contribution is 5.94. The van der Waals surface area contributed by atoms with Crippen LogP contribution in [0.15, 0.2) is 24.5 Å². The zero-order valence-electron chi connectivity index (χ0n) is 9.39. The molecule has 0 spiro atoms. The molecule has 1 aliphatic rings. The normalized spacial score (nSPS) is 15.8. The Labute approximate surface area is 113 Å². The maximum atomic E-state index is 11.6. The van der Waals surface area contributed by atoms with Crippen LogP contribution in [0, 0.1) is 0 Å². The molecule has 1 aromatic heterocycles. The minimum Gasteiger partial charge on any atom is -0.350 e. The fourth-order valence-electron chi connectivity index (χ4n) is 1.67. The highest BCUT2D eigenvalue weighted by Gasteiger charge is 2.32. The molecule has 1 fully saturated rings. The monoisotopic (exact) mass is 277 g/mol. The van der Waals surface area contributed by atoms with Gasteiger partial charge in [-0.05, 0) is 31.4 Å². The van der Waals surface area contributed by atoms with E-state index in [1.54, 1.807) is 24.5 Å². The SMILES string of the molecule is Cl.Cl.NC1(CNC(=O)c2ccncc2)CCC1. The summed E-state index contributed by atoms with van der Waals surface area (Å²) in [7, 11) is 0. The van der Waals surface area contributed by atoms with Crippen molar-refractivity contribution in [3.8, 4) is 0 Å². The summed E-state index contributed by atoms with van der Waals surface area (Å²) in [6.07, 6.45) is 6.39. The average molecular weight is 278 g/mol. The molecule has 1 heterocycles. The number of pyridine rings is 1. The van der Waals surface area contributed by atoms with Crippen molar-refractivity contribution in [3.05, 3.63) is 30.1 Å². The van der Waals surface area contributed by atoms with Gasteiger partial charge in [0.15, 0.2) is 0 Å². The predicted molar refractivity (Wildman–Crippen MR) is 71.8 cm³/mol. The molecule has 0 atom stereocenters. The zero-order valence-corrected chi connectivity index (χ0v) is 11.0. The van der Waals surface area contributed by atoms with E-state index in [-0.39, 0.29) is 36.3 Å². The van der Waals surface area contributed by atoms with Crippen LogP contribution in [0.4, 0.5) is 0 Å². The molecular formula is C11H17Cl2N3O. The summed E-state index contributed by atoms with van der Waals surface area (Å²) in [6, 6.07) is 3.39. The molecule has 0 bridgehead atoms. The molecule has 0 aliphatic heterocycles. The minimum absolute atomic E-state index is 0. The lowest BCUT2D eigenvalue weighted by Crippen LogP contribution is -2.54. The highest BCUT2D eigenvalue weighted by atomic mass is 35.5. The molecule has 96 valence electrons. The maximum absolute atomic E-state index is 11.6. The third-order valence-corrected chi connectivity index (χ3v) is 2.89. The highest BCUT2D eigenvalue weighted by Crippen LogP contribution is 2.28. The van der Waals surface area contributed by atoms with Gasteiger partial charge in [0, 0.05) is 30.0 Å². The number of carbonyl (C=O) groups is 1. The fraction of sp³-hybridized carbons (Fsp3) is 0.455. The molecule has 0 saturated heterocycles. The second-order valence-corrected chi connectivity index (χ2v) is 4.13. The average Bonchev–Trinajstić information content (AvgIpc) is 2.24. The van der Waals surface area contributed by atoms with Crippen molar-refractivity contribution in [2.75, 3.05) is 6.54 Å². The third-order valence-electron chi connectivity index (χ3n) is 2.89. The Morgan fingerprint density at radius 2 is 1.94 bits per heavy atom. The van der Waals surface area contributed by atoms with Crippen LogP contribution in [0.25, 0.3) is 0 Å². The van der Waals surface area contributed by atoms with E-state index in [2.05, 4.69) is 10.3 Å². The number of nitrogens with one attached hydrogen (secondary N) is 1. The lowest BCUT2D eigenvalue weighted by molar-refractivity contribution is 0.0929. The number of amides is 1. The van der Waals surface area contributed by atoms with E-state index >= 15 is 0 Å². The first kappa shape index (κ1) is 16.2. The molecule has 6 heteroatoms. The lowest BCUT2D eigenvalue weighted by Gasteiger charge is -2.38. The van der Waals surface area contributed by atoms with Crippen LogP contribution in [0.5, 0.6) is 0 Å². The number of nitrogens with two attached hydrogens (primary N) is 1. The van der Waals surface area contributed by atoms with Crippen LogP contribution < -0.4 is 11.1 Å². The number of hydrogen-bond acceptors (Lipinski definition) is 3. The van der Waals surface area contributed by atoms with E-state index in [1.807, 2.05) is 0 Å². The van der Waals surface area contributed by atoms with Gasteiger partial charge in [-0.1, -0.05) is 0 Å². The van der Waals surface area contributed by atoms with Gasteiger partial charge in [-0.3, -0.25) is 9.78 Å². The number of nitrogens with zero attached hydrogens (tertiary/aromatic N) is 1. The maximum Gasteiger partial charge on any atom is 0.251 e. The molecule has 0 unspecified atom stereocenters. The molecule has 2 rings (SSSR count). The third kappa shape index (κ3) is 4.15. The van der Waals surface area contributed by atoms with Crippen molar-refractivity contribution in [3.63, 3.8) is 0 Å². The number of rotatable bonds is 3. The topological polar surface area (TPSA) is 68.0 Å². The van der Waals surface area contributed by atoms with Crippen LogP contribution in [-0.2, 0) is 0 Å². The predicted octanol–water partition coefficient (Wildman–Crippen LogP) is 1.54. The first-order valence-corrected chi connectivity index (χ1v) is 5.17. The van der Waals surface area contributed by atoms with Gasteiger partial charge in [0.25, 0.3) is 5.91 Å². The summed E-state index contributed by atoms with van der Waals surface area (Å²) in [5.41, 5.74) is 6.47. The minimum atomic E-state index is -0.164. The van der Waals surface area contributed by atoms with E-state index in [1.165, 1.54) is 6.42 Å². The van der Waals surface area contributed by atoms with E-state index in [4.69, 9.17) is 5.73 Å². The number of aromatic nitrogens is 1. The van der Waals surface area contributed by atoms with E-state index in [9.17, 15) is 4.79 Å². The Hall–Kier alpha value is -0.840. The Bertz CT molecular complexity index is 355. The second kappa shape index (κ2) is 6.79. The lowest BCUT2D eigenvalue weighted by atomic mass is 9.78. The standard InChI is InChI=1S/C11H15N3O.2ClH/c12-11(4-1-5-11)8-14-10(15)9-2-6-13-7-3-9;;/h2-3,6-7H,1,4-5,8,12H2,(H,14,15);2*1H. The van der Waals surface area contributed by atoms with Crippen molar-refractivity contribution < 1.29 is 4.79 Å². The van der Waals surface area contributed by atoms with Crippen LogP contribution in [-0.4, -0.2) is 23.0 Å². The molecule has 3 N–H and O–H groups in total. The smallest absolute Gasteiger partial charge is 0.251 e. The van der Waals surface area contributed by atoms with Crippen LogP contribution in [0.3, 0.4) is 0 Å². The number of halogens is 2. The molecule has 0 radical (unpaired) electrons. The van der Waals surface area contributed by atoms with Crippen molar-refractivity contribution in [1.29, 1.82) is 0 Å². The summed E-state index contributed by atoms with van der Waals surface area (Å²) in [4.78, 5) is 15.5. The quantitative estimate of drug-likeness (QED) is 0.881. The summed E-state index contributed by atoms with van der Waals surface area (Å²) in [5.74, 6) is -0.0749. The van der Waals surface area contributed by atoms with E-state index < -0.39 is 0 Å². The zero-order chi connectivity index (χ0) is 10.7. The summed E-state index contributed by atoms with van der Waals surface area (Å²) >= 11 is 0. The number of carbonyl (C=O) groups excluding carboxylic acids is 1. The first-order valence-electron chi connectivity index (χ1n) is 5.17. The van der Waals surface area contributed by atoms with Crippen LogP contribution in [0.1, 0.15) is 29.6 Å². The van der Waals surface area contributed by atoms with Crippen LogP contribution >= 0.6 is 24.8 Å². The molecule has 0 aromatic carbocycles. The van der Waals surface area contributed by atoms with Gasteiger partial charge < -0.3 is 11.1 Å². The molecule has 4 nitrogen and oxygen atoms in total. The van der Waals surface area contributed by atoms with Crippen molar-refractivity contribution in [2.24, 2.45) is 5.73 Å². The molecule has 1 amide bonds.